The molecule has 1 aromatic carbocycles. The van der Waals surface area contributed by atoms with E-state index in [4.69, 9.17) is 11.6 Å². The Hall–Kier alpha value is -2.53. The number of benzene rings is 1. The lowest BCUT2D eigenvalue weighted by atomic mass is 9.92. The van der Waals surface area contributed by atoms with Crippen molar-refractivity contribution in [1.82, 2.24) is 29.5 Å². The lowest BCUT2D eigenvalue weighted by molar-refractivity contribution is -0.137. The van der Waals surface area contributed by atoms with Gasteiger partial charge in [0, 0.05) is 5.56 Å². The van der Waals surface area contributed by atoms with Crippen LogP contribution in [0.5, 0.6) is 0 Å². The molecule has 3 rings (SSSR count). The number of nitrogens with zero attached hydrogens (tertiary/aromatic N) is 6. The Balaban J connectivity index is 2.02. The molecule has 7 nitrogen and oxygen atoms in total. The van der Waals surface area contributed by atoms with Gasteiger partial charge in [0.25, 0.3) is 0 Å². The van der Waals surface area contributed by atoms with E-state index in [1.165, 1.54) is 23.7 Å². The molecular weight excluding hydrogens is 380 g/mol. The molecule has 26 heavy (non-hydrogen) atoms. The first-order chi connectivity index (χ1) is 12.2. The molecule has 0 bridgehead atoms. The van der Waals surface area contributed by atoms with Gasteiger partial charge in [0.15, 0.2) is 0 Å². The van der Waals surface area contributed by atoms with Crippen LogP contribution in [0.3, 0.4) is 0 Å². The van der Waals surface area contributed by atoms with Gasteiger partial charge in [-0.05, 0) is 23.7 Å². The molecule has 0 radical (unpaired) electrons. The van der Waals surface area contributed by atoms with Gasteiger partial charge in [-0.2, -0.15) is 18.3 Å². The minimum absolute atomic E-state index is 0.0963. The number of rotatable bonds is 5. The molecule has 0 aliphatic carbocycles. The van der Waals surface area contributed by atoms with Crippen molar-refractivity contribution in [2.24, 2.45) is 0 Å². The second-order valence-electron chi connectivity index (χ2n) is 5.53. The summed E-state index contributed by atoms with van der Waals surface area (Å²) in [5.74, 6) is -1.21. The Morgan fingerprint density at radius 1 is 1.12 bits per heavy atom. The molecule has 0 saturated carbocycles. The van der Waals surface area contributed by atoms with Crippen LogP contribution >= 0.6 is 11.6 Å². The van der Waals surface area contributed by atoms with Crippen molar-refractivity contribution in [3.63, 3.8) is 0 Å². The number of halogens is 5. The summed E-state index contributed by atoms with van der Waals surface area (Å²) in [5, 5.41) is 18.6. The van der Waals surface area contributed by atoms with Crippen molar-refractivity contribution >= 4 is 11.6 Å². The third kappa shape index (κ3) is 3.83. The third-order valence-corrected chi connectivity index (χ3v) is 3.79. The highest BCUT2D eigenvalue weighted by atomic mass is 35.5. The molecule has 0 saturated heterocycles. The van der Waals surface area contributed by atoms with Crippen LogP contribution in [0.25, 0.3) is 0 Å². The van der Waals surface area contributed by atoms with Crippen molar-refractivity contribution in [3.8, 4) is 0 Å². The maximum atomic E-state index is 14.4. The summed E-state index contributed by atoms with van der Waals surface area (Å²) in [6.07, 6.45) is -1.02. The number of aromatic nitrogens is 6. The van der Waals surface area contributed by atoms with Crippen LogP contribution in [0.2, 0.25) is 5.28 Å². The number of aliphatic hydroxyl groups is 1. The fraction of sp³-hybridized carbons (Fsp3) is 0.286. The first-order valence-electron chi connectivity index (χ1n) is 7.14. The highest BCUT2D eigenvalue weighted by molar-refractivity contribution is 6.28. The summed E-state index contributed by atoms with van der Waals surface area (Å²) in [7, 11) is 0. The normalized spacial score (nSPS) is 14.4. The largest absolute Gasteiger partial charge is 0.416 e. The highest BCUT2D eigenvalue weighted by Gasteiger charge is 2.37. The minimum atomic E-state index is -4.71. The fourth-order valence-electron chi connectivity index (χ4n) is 2.49. The molecule has 12 heteroatoms. The first-order valence-corrected chi connectivity index (χ1v) is 7.52. The van der Waals surface area contributed by atoms with Crippen LogP contribution in [0.15, 0.2) is 37.2 Å². The van der Waals surface area contributed by atoms with Crippen LogP contribution in [0, 0.1) is 5.82 Å². The third-order valence-electron chi connectivity index (χ3n) is 3.62. The van der Waals surface area contributed by atoms with Gasteiger partial charge < -0.3 is 5.11 Å². The van der Waals surface area contributed by atoms with Crippen LogP contribution in [-0.4, -0.2) is 34.6 Å². The second-order valence-corrected chi connectivity index (χ2v) is 5.87. The zero-order chi connectivity index (χ0) is 18.9. The molecule has 0 fully saturated rings. The highest BCUT2D eigenvalue weighted by Crippen LogP contribution is 2.34. The molecule has 0 aliphatic heterocycles. The van der Waals surface area contributed by atoms with E-state index in [9.17, 15) is 22.7 Å². The molecule has 0 aliphatic rings. The van der Waals surface area contributed by atoms with E-state index in [2.05, 4.69) is 20.2 Å². The SMILES string of the molecule is OC(Cn1cncn1)(Cn1cnc(Cl)n1)c1ccc(C(F)(F)F)cc1F. The Kier molecular flexibility index (Phi) is 4.67. The zero-order valence-corrected chi connectivity index (χ0v) is 13.7. The molecule has 1 N–H and O–H groups in total. The molecular formula is C14H11ClF4N6O. The van der Waals surface area contributed by atoms with Gasteiger partial charge in [-0.15, -0.1) is 5.10 Å². The monoisotopic (exact) mass is 390 g/mol. The quantitative estimate of drug-likeness (QED) is 0.676. The van der Waals surface area contributed by atoms with E-state index in [1.54, 1.807) is 0 Å². The second kappa shape index (κ2) is 6.65. The van der Waals surface area contributed by atoms with E-state index >= 15 is 0 Å². The minimum Gasteiger partial charge on any atom is -0.381 e. The van der Waals surface area contributed by atoms with E-state index in [0.717, 1.165) is 10.7 Å². The average molecular weight is 391 g/mol. The van der Waals surface area contributed by atoms with E-state index < -0.39 is 23.2 Å². The number of hydrogen-bond acceptors (Lipinski definition) is 5. The van der Waals surface area contributed by atoms with Crippen LogP contribution in [0.4, 0.5) is 17.6 Å². The lowest BCUT2D eigenvalue weighted by Crippen LogP contribution is -2.37. The topological polar surface area (TPSA) is 81.6 Å². The molecule has 0 spiro atoms. The lowest BCUT2D eigenvalue weighted by Gasteiger charge is -2.29. The van der Waals surface area contributed by atoms with Gasteiger partial charge in [-0.3, -0.25) is 0 Å². The smallest absolute Gasteiger partial charge is 0.381 e. The molecule has 1 atom stereocenters. The Morgan fingerprint density at radius 3 is 2.38 bits per heavy atom. The standard InChI is InChI=1S/C14H11ClF4N6O/c15-12-21-8-25(23-12)5-13(26,4-24-7-20-6-22-24)10-2-1-9(3-11(10)16)14(17,18)19/h1-3,6-8,26H,4-5H2. The molecule has 2 heterocycles. The molecule has 0 amide bonds. The predicted octanol–water partition coefficient (Wildman–Crippen LogP) is 2.27. The van der Waals surface area contributed by atoms with Gasteiger partial charge in [0.1, 0.15) is 30.4 Å². The van der Waals surface area contributed by atoms with Crippen LogP contribution in [0.1, 0.15) is 11.1 Å². The van der Waals surface area contributed by atoms with Gasteiger partial charge in [0.05, 0.1) is 18.7 Å². The van der Waals surface area contributed by atoms with Crippen molar-refractivity contribution in [3.05, 3.63) is 59.4 Å². The zero-order valence-electron chi connectivity index (χ0n) is 12.9. The van der Waals surface area contributed by atoms with Crippen molar-refractivity contribution in [1.29, 1.82) is 0 Å². The van der Waals surface area contributed by atoms with E-state index in [-0.39, 0.29) is 23.9 Å². The Labute approximate surface area is 148 Å². The Morgan fingerprint density at radius 2 is 1.85 bits per heavy atom. The molecule has 3 aromatic rings. The number of hydrogen-bond donors (Lipinski definition) is 1. The van der Waals surface area contributed by atoms with E-state index in [1.807, 2.05) is 0 Å². The van der Waals surface area contributed by atoms with Crippen LogP contribution < -0.4 is 0 Å². The fourth-order valence-corrected chi connectivity index (χ4v) is 2.63. The number of alkyl halides is 3. The van der Waals surface area contributed by atoms with Gasteiger partial charge in [-0.25, -0.2) is 23.7 Å². The van der Waals surface area contributed by atoms with Crippen molar-refractivity contribution in [2.45, 2.75) is 24.9 Å². The van der Waals surface area contributed by atoms with Gasteiger partial charge in [0.2, 0.25) is 5.28 Å². The summed E-state index contributed by atoms with van der Waals surface area (Å²) in [6, 6.07) is 1.91. The van der Waals surface area contributed by atoms with Crippen LogP contribution in [-0.2, 0) is 24.9 Å². The molecule has 1 unspecified atom stereocenters. The summed E-state index contributed by atoms with van der Waals surface area (Å²) >= 11 is 5.63. The molecule has 138 valence electrons. The molecule has 2 aromatic heterocycles. The summed E-state index contributed by atoms with van der Waals surface area (Å²) in [4.78, 5) is 7.41. The van der Waals surface area contributed by atoms with Crippen molar-refractivity contribution in [2.75, 3.05) is 0 Å². The van der Waals surface area contributed by atoms with E-state index in [0.29, 0.717) is 12.1 Å². The van der Waals surface area contributed by atoms with Gasteiger partial charge >= 0.3 is 6.18 Å². The first kappa shape index (κ1) is 18.3. The maximum Gasteiger partial charge on any atom is 0.416 e. The summed E-state index contributed by atoms with van der Waals surface area (Å²) in [6.45, 7) is -0.609. The summed E-state index contributed by atoms with van der Waals surface area (Å²) in [5.41, 5.74) is -3.50. The predicted molar refractivity (Wildman–Crippen MR) is 80.4 cm³/mol. The maximum absolute atomic E-state index is 14.4. The van der Waals surface area contributed by atoms with Crippen molar-refractivity contribution < 1.29 is 22.7 Å². The van der Waals surface area contributed by atoms with Gasteiger partial charge in [-0.1, -0.05) is 6.07 Å². The summed E-state index contributed by atoms with van der Waals surface area (Å²) < 4.78 is 55.1. The Bertz CT molecular complexity index is 897. The average Bonchev–Trinajstić information content (AvgIpc) is 3.18.